The van der Waals surface area contributed by atoms with E-state index in [2.05, 4.69) is 17.6 Å². The highest BCUT2D eigenvalue weighted by molar-refractivity contribution is 5.89. The largest absolute Gasteiger partial charge is 0.478 e. The Morgan fingerprint density at radius 1 is 1.24 bits per heavy atom. The molecule has 0 saturated carbocycles. The molecule has 0 bridgehead atoms. The van der Waals surface area contributed by atoms with Crippen LogP contribution in [0, 0.1) is 0 Å². The van der Waals surface area contributed by atoms with E-state index >= 15 is 0 Å². The number of aromatic carboxylic acids is 1. The first-order valence-corrected chi connectivity index (χ1v) is 5.98. The lowest BCUT2D eigenvalue weighted by Gasteiger charge is -2.07. The first kappa shape index (κ1) is 13.7. The summed E-state index contributed by atoms with van der Waals surface area (Å²) in [6, 6.07) is 7.10. The van der Waals surface area contributed by atoms with Crippen molar-refractivity contribution in [3.8, 4) is 0 Å². The second kappa shape index (κ2) is 7.81. The Morgan fingerprint density at radius 2 is 1.94 bits per heavy atom. The van der Waals surface area contributed by atoms with Crippen molar-refractivity contribution in [1.82, 2.24) is 10.6 Å². The molecule has 0 unspecified atom stereocenters. The van der Waals surface area contributed by atoms with Crippen LogP contribution >= 0.6 is 0 Å². The molecule has 0 fully saturated rings. The lowest BCUT2D eigenvalue weighted by Crippen LogP contribution is -2.22. The van der Waals surface area contributed by atoms with E-state index in [-0.39, 0.29) is 0 Å². The van der Waals surface area contributed by atoms with Crippen molar-refractivity contribution in [2.24, 2.45) is 0 Å². The lowest BCUT2D eigenvalue weighted by molar-refractivity contribution is 0.0695. The molecule has 0 radical (unpaired) electrons. The van der Waals surface area contributed by atoms with Gasteiger partial charge in [0.15, 0.2) is 0 Å². The summed E-state index contributed by atoms with van der Waals surface area (Å²) in [6.07, 6.45) is 1.04. The van der Waals surface area contributed by atoms with Gasteiger partial charge in [-0.25, -0.2) is 4.79 Å². The van der Waals surface area contributed by atoms with E-state index in [0.717, 1.165) is 31.6 Å². The minimum absolute atomic E-state index is 0.381. The van der Waals surface area contributed by atoms with Gasteiger partial charge in [0.05, 0.1) is 5.56 Å². The fourth-order valence-corrected chi connectivity index (χ4v) is 1.62. The fourth-order valence-electron chi connectivity index (χ4n) is 1.62. The maximum absolute atomic E-state index is 11.0. The van der Waals surface area contributed by atoms with E-state index in [1.807, 2.05) is 12.1 Å². The zero-order valence-corrected chi connectivity index (χ0v) is 10.2. The molecule has 0 aliphatic heterocycles. The Kier molecular flexibility index (Phi) is 6.29. The zero-order valence-electron chi connectivity index (χ0n) is 10.2. The van der Waals surface area contributed by atoms with E-state index in [1.54, 1.807) is 12.1 Å². The maximum atomic E-state index is 11.0. The van der Waals surface area contributed by atoms with E-state index in [4.69, 9.17) is 5.11 Å². The van der Waals surface area contributed by atoms with E-state index in [0.29, 0.717) is 12.1 Å². The van der Waals surface area contributed by atoms with Gasteiger partial charge in [0.25, 0.3) is 0 Å². The Hall–Kier alpha value is -1.39. The van der Waals surface area contributed by atoms with Gasteiger partial charge in [0.2, 0.25) is 0 Å². The van der Waals surface area contributed by atoms with E-state index in [9.17, 15) is 4.79 Å². The summed E-state index contributed by atoms with van der Waals surface area (Å²) >= 11 is 0. The van der Waals surface area contributed by atoms with Crippen LogP contribution in [0.25, 0.3) is 0 Å². The molecule has 1 rings (SSSR count). The second-order valence-electron chi connectivity index (χ2n) is 3.85. The molecule has 4 nitrogen and oxygen atoms in total. The molecule has 4 heteroatoms. The van der Waals surface area contributed by atoms with Crippen LogP contribution in [0.2, 0.25) is 0 Å². The van der Waals surface area contributed by atoms with Gasteiger partial charge in [-0.05, 0) is 37.7 Å². The highest BCUT2D eigenvalue weighted by atomic mass is 16.4. The summed E-state index contributed by atoms with van der Waals surface area (Å²) in [7, 11) is 0. The van der Waals surface area contributed by atoms with Gasteiger partial charge in [-0.15, -0.1) is 0 Å². The molecule has 0 aliphatic carbocycles. The quantitative estimate of drug-likeness (QED) is 0.598. The normalized spacial score (nSPS) is 10.4. The number of carboxylic acid groups (broad SMARTS) is 1. The molecule has 0 atom stereocenters. The summed E-state index contributed by atoms with van der Waals surface area (Å²) in [4.78, 5) is 11.0. The average Bonchev–Trinajstić information content (AvgIpc) is 2.34. The summed E-state index contributed by atoms with van der Waals surface area (Å²) in [5.41, 5.74) is 1.22. The monoisotopic (exact) mass is 236 g/mol. The van der Waals surface area contributed by atoms with Crippen LogP contribution in [0.5, 0.6) is 0 Å². The van der Waals surface area contributed by atoms with Crippen LogP contribution in [0.15, 0.2) is 24.3 Å². The summed E-state index contributed by atoms with van der Waals surface area (Å²) in [5, 5.41) is 15.5. The highest BCUT2D eigenvalue weighted by Crippen LogP contribution is 2.08. The molecule has 0 heterocycles. The molecule has 3 N–H and O–H groups in total. The van der Waals surface area contributed by atoms with Crippen molar-refractivity contribution in [2.75, 3.05) is 19.6 Å². The number of hydrogen-bond donors (Lipinski definition) is 3. The molecule has 94 valence electrons. The number of carboxylic acids is 1. The van der Waals surface area contributed by atoms with Gasteiger partial charge in [-0.3, -0.25) is 0 Å². The maximum Gasteiger partial charge on any atom is 0.336 e. The fraction of sp³-hybridized carbons (Fsp3) is 0.462. The van der Waals surface area contributed by atoms with Crippen molar-refractivity contribution in [1.29, 1.82) is 0 Å². The molecule has 0 spiro atoms. The third-order valence-corrected chi connectivity index (χ3v) is 2.52. The van der Waals surface area contributed by atoms with Crippen molar-refractivity contribution in [3.63, 3.8) is 0 Å². The predicted molar refractivity (Wildman–Crippen MR) is 68.3 cm³/mol. The molecule has 0 aromatic heterocycles. The topological polar surface area (TPSA) is 61.4 Å². The van der Waals surface area contributed by atoms with Crippen LogP contribution in [0.3, 0.4) is 0 Å². The van der Waals surface area contributed by atoms with Crippen molar-refractivity contribution >= 4 is 5.97 Å². The van der Waals surface area contributed by atoms with Gasteiger partial charge >= 0.3 is 5.97 Å². The first-order valence-electron chi connectivity index (χ1n) is 5.98. The number of nitrogens with one attached hydrogen (secondary N) is 2. The van der Waals surface area contributed by atoms with Gasteiger partial charge in [0, 0.05) is 6.54 Å². The number of benzene rings is 1. The lowest BCUT2D eigenvalue weighted by atomic mass is 10.1. The van der Waals surface area contributed by atoms with Crippen LogP contribution in [-0.4, -0.2) is 30.7 Å². The summed E-state index contributed by atoms with van der Waals surface area (Å²) in [5.74, 6) is -0.866. The number of hydrogen-bond acceptors (Lipinski definition) is 3. The van der Waals surface area contributed by atoms with Crippen molar-refractivity contribution in [2.45, 2.75) is 19.9 Å². The first-order chi connectivity index (χ1) is 8.25. The van der Waals surface area contributed by atoms with Crippen molar-refractivity contribution < 1.29 is 9.90 Å². The molecule has 0 saturated heterocycles. The summed E-state index contributed by atoms with van der Waals surface area (Å²) in [6.45, 7) is 5.55. The molecule has 17 heavy (non-hydrogen) atoms. The highest BCUT2D eigenvalue weighted by Gasteiger charge is 2.07. The van der Waals surface area contributed by atoms with Crippen LogP contribution in [0.4, 0.5) is 0 Å². The van der Waals surface area contributed by atoms with Crippen LogP contribution in [-0.2, 0) is 6.54 Å². The van der Waals surface area contributed by atoms with Crippen LogP contribution in [0.1, 0.15) is 29.3 Å². The predicted octanol–water partition coefficient (Wildman–Crippen LogP) is 1.47. The SMILES string of the molecule is CCNCCCNCc1ccccc1C(=O)O. The third kappa shape index (κ3) is 4.97. The smallest absolute Gasteiger partial charge is 0.336 e. The number of carbonyl (C=O) groups is 1. The zero-order chi connectivity index (χ0) is 12.5. The average molecular weight is 236 g/mol. The molecular formula is C13H20N2O2. The number of rotatable bonds is 8. The minimum Gasteiger partial charge on any atom is -0.478 e. The van der Waals surface area contributed by atoms with Gasteiger partial charge in [-0.2, -0.15) is 0 Å². The van der Waals surface area contributed by atoms with Gasteiger partial charge < -0.3 is 15.7 Å². The Bertz CT molecular complexity index is 353. The van der Waals surface area contributed by atoms with Crippen molar-refractivity contribution in [3.05, 3.63) is 35.4 Å². The molecule has 0 aliphatic rings. The Morgan fingerprint density at radius 3 is 2.65 bits per heavy atom. The Balaban J connectivity index is 2.34. The van der Waals surface area contributed by atoms with Gasteiger partial charge in [0.1, 0.15) is 0 Å². The minimum atomic E-state index is -0.866. The Labute approximate surface area is 102 Å². The van der Waals surface area contributed by atoms with E-state index < -0.39 is 5.97 Å². The molecule has 0 amide bonds. The second-order valence-corrected chi connectivity index (χ2v) is 3.85. The standard InChI is InChI=1S/C13H20N2O2/c1-2-14-8-5-9-15-10-11-6-3-4-7-12(11)13(16)17/h3-4,6-7,14-15H,2,5,8-10H2,1H3,(H,16,17). The molecule has 1 aromatic rings. The molecule has 1 aromatic carbocycles. The van der Waals surface area contributed by atoms with Gasteiger partial charge in [-0.1, -0.05) is 25.1 Å². The molecular weight excluding hydrogens is 216 g/mol. The summed E-state index contributed by atoms with van der Waals surface area (Å²) < 4.78 is 0. The third-order valence-electron chi connectivity index (χ3n) is 2.52. The van der Waals surface area contributed by atoms with Crippen LogP contribution < -0.4 is 10.6 Å². The van der Waals surface area contributed by atoms with E-state index in [1.165, 1.54) is 0 Å².